The second-order valence-electron chi connectivity index (χ2n) is 4.67. The van der Waals surface area contributed by atoms with Crippen LogP contribution in [-0.2, 0) is 16.6 Å². The van der Waals surface area contributed by atoms with Gasteiger partial charge in [-0.15, -0.1) is 0 Å². The first kappa shape index (κ1) is 17.2. The minimum Gasteiger partial charge on any atom is -0.381 e. The summed E-state index contributed by atoms with van der Waals surface area (Å²) in [4.78, 5) is 12.6. The Bertz CT molecular complexity index is 581. The van der Waals surface area contributed by atoms with Crippen molar-refractivity contribution >= 4 is 21.9 Å². The van der Waals surface area contributed by atoms with Crippen molar-refractivity contribution in [3.05, 3.63) is 6.20 Å². The van der Waals surface area contributed by atoms with Gasteiger partial charge < -0.3 is 16.0 Å². The lowest BCUT2D eigenvalue weighted by Gasteiger charge is -2.12. The lowest BCUT2D eigenvalue weighted by atomic mass is 10.5. The van der Waals surface area contributed by atoms with Gasteiger partial charge in [0.15, 0.2) is 5.82 Å². The number of nitrogens with one attached hydrogen (secondary N) is 2. The molecule has 10 heteroatoms. The smallest absolute Gasteiger partial charge is 0.316 e. The third-order valence-corrected chi connectivity index (χ3v) is 4.07. The van der Waals surface area contributed by atoms with Crippen molar-refractivity contribution in [2.45, 2.75) is 24.8 Å². The van der Waals surface area contributed by atoms with E-state index in [0.29, 0.717) is 6.54 Å². The number of nitrogen functional groups attached to an aromatic ring is 1. The summed E-state index contributed by atoms with van der Waals surface area (Å²) >= 11 is 0. The van der Waals surface area contributed by atoms with Gasteiger partial charge in [0.2, 0.25) is 10.0 Å². The Morgan fingerprint density at radius 3 is 2.67 bits per heavy atom. The van der Waals surface area contributed by atoms with Crippen molar-refractivity contribution in [2.75, 3.05) is 32.9 Å². The normalized spacial score (nSPS) is 11.4. The molecule has 0 fully saturated rings. The van der Waals surface area contributed by atoms with Crippen molar-refractivity contribution < 1.29 is 13.2 Å². The van der Waals surface area contributed by atoms with E-state index in [2.05, 4.69) is 15.1 Å². The molecule has 0 saturated heterocycles. The van der Waals surface area contributed by atoms with Crippen LogP contribution < -0.4 is 15.8 Å². The average molecular weight is 318 g/mol. The molecule has 0 spiro atoms. The van der Waals surface area contributed by atoms with E-state index in [1.165, 1.54) is 15.8 Å². The third-order valence-electron chi connectivity index (χ3n) is 2.60. The molecule has 120 valence electrons. The molecule has 9 nitrogen and oxygen atoms in total. The number of carbonyl (C=O) groups excluding carboxylic acids is 1. The van der Waals surface area contributed by atoms with Crippen LogP contribution >= 0.6 is 0 Å². The van der Waals surface area contributed by atoms with E-state index in [0.717, 1.165) is 6.42 Å². The molecule has 0 aliphatic carbocycles. The number of amides is 2. The topological polar surface area (TPSA) is 122 Å². The number of aryl methyl sites for hydroxylation is 1. The van der Waals surface area contributed by atoms with E-state index >= 15 is 0 Å². The number of hydrogen-bond donors (Lipinski definition) is 3. The zero-order valence-electron chi connectivity index (χ0n) is 12.5. The van der Waals surface area contributed by atoms with Crippen molar-refractivity contribution in [3.63, 3.8) is 0 Å². The fourth-order valence-corrected chi connectivity index (χ4v) is 2.66. The number of hydrogen-bond acceptors (Lipinski definition) is 5. The zero-order valence-corrected chi connectivity index (χ0v) is 13.3. The second-order valence-corrected chi connectivity index (χ2v) is 6.40. The highest BCUT2D eigenvalue weighted by atomic mass is 32.2. The number of anilines is 1. The van der Waals surface area contributed by atoms with Crippen molar-refractivity contribution in [2.24, 2.45) is 0 Å². The Morgan fingerprint density at radius 2 is 2.10 bits per heavy atom. The first-order valence-electron chi connectivity index (χ1n) is 6.55. The van der Waals surface area contributed by atoms with Crippen molar-refractivity contribution in [1.29, 1.82) is 0 Å². The molecule has 0 saturated carbocycles. The van der Waals surface area contributed by atoms with Gasteiger partial charge in [0.25, 0.3) is 0 Å². The quantitative estimate of drug-likeness (QED) is 0.581. The van der Waals surface area contributed by atoms with Gasteiger partial charge >= 0.3 is 6.03 Å². The average Bonchev–Trinajstić information content (AvgIpc) is 2.76. The monoisotopic (exact) mass is 318 g/mol. The van der Waals surface area contributed by atoms with E-state index in [4.69, 9.17) is 5.73 Å². The van der Waals surface area contributed by atoms with Crippen LogP contribution in [0.3, 0.4) is 0 Å². The molecule has 0 bridgehead atoms. The van der Waals surface area contributed by atoms with Crippen LogP contribution in [0.15, 0.2) is 11.1 Å². The lowest BCUT2D eigenvalue weighted by Crippen LogP contribution is -2.39. The Balaban J connectivity index is 2.59. The molecule has 0 aliphatic heterocycles. The van der Waals surface area contributed by atoms with Crippen LogP contribution in [0.4, 0.5) is 10.6 Å². The van der Waals surface area contributed by atoms with Gasteiger partial charge in [-0.2, -0.15) is 5.10 Å². The highest BCUT2D eigenvalue weighted by Gasteiger charge is 2.20. The highest BCUT2D eigenvalue weighted by Crippen LogP contribution is 2.15. The van der Waals surface area contributed by atoms with E-state index in [1.54, 1.807) is 14.1 Å². The molecule has 21 heavy (non-hydrogen) atoms. The molecule has 1 rings (SSSR count). The molecule has 0 aromatic carbocycles. The predicted octanol–water partition coefficient (Wildman–Crippen LogP) is -0.575. The summed E-state index contributed by atoms with van der Waals surface area (Å²) < 4.78 is 28.0. The van der Waals surface area contributed by atoms with E-state index in [1.807, 2.05) is 6.92 Å². The zero-order chi connectivity index (χ0) is 16.0. The molecule has 1 aromatic rings. The lowest BCUT2D eigenvalue weighted by molar-refractivity contribution is 0.217. The minimum absolute atomic E-state index is 0.0340. The Labute approximate surface area is 124 Å². The van der Waals surface area contributed by atoms with Crippen molar-refractivity contribution in [3.8, 4) is 0 Å². The molecule has 1 aromatic heterocycles. The van der Waals surface area contributed by atoms with Crippen LogP contribution in [-0.4, -0.2) is 56.3 Å². The molecular formula is C11H22N6O3S. The summed E-state index contributed by atoms with van der Waals surface area (Å²) in [5.74, 6) is -0.0340. The summed E-state index contributed by atoms with van der Waals surface area (Å²) in [6.45, 7) is 2.80. The highest BCUT2D eigenvalue weighted by molar-refractivity contribution is 7.89. The first-order valence-corrected chi connectivity index (χ1v) is 8.04. The summed E-state index contributed by atoms with van der Waals surface area (Å²) in [7, 11) is -0.531. The van der Waals surface area contributed by atoms with Gasteiger partial charge in [0, 0.05) is 39.9 Å². The molecule has 2 amide bonds. The molecule has 0 radical (unpaired) electrons. The molecule has 0 unspecified atom stereocenters. The summed E-state index contributed by atoms with van der Waals surface area (Å²) in [5, 5.41) is 6.50. The van der Waals surface area contributed by atoms with Crippen LogP contribution in [0.1, 0.15) is 13.3 Å². The van der Waals surface area contributed by atoms with Crippen LogP contribution in [0.2, 0.25) is 0 Å². The van der Waals surface area contributed by atoms with E-state index in [-0.39, 0.29) is 29.8 Å². The third kappa shape index (κ3) is 4.90. The number of carbonyl (C=O) groups is 1. The number of nitrogens with zero attached hydrogens (tertiary/aromatic N) is 3. The number of urea groups is 1. The van der Waals surface area contributed by atoms with Crippen LogP contribution in [0.25, 0.3) is 0 Å². The fraction of sp³-hybridized carbons (Fsp3) is 0.636. The number of nitrogens with two attached hydrogens (primary N) is 1. The van der Waals surface area contributed by atoms with Gasteiger partial charge in [-0.3, -0.25) is 4.68 Å². The number of aromatic nitrogens is 2. The second kappa shape index (κ2) is 7.27. The van der Waals surface area contributed by atoms with E-state index < -0.39 is 10.0 Å². The van der Waals surface area contributed by atoms with Crippen LogP contribution in [0, 0.1) is 0 Å². The maximum atomic E-state index is 12.1. The molecule has 1 heterocycles. The van der Waals surface area contributed by atoms with Gasteiger partial charge in [0.1, 0.15) is 4.90 Å². The van der Waals surface area contributed by atoms with Gasteiger partial charge in [-0.1, -0.05) is 6.92 Å². The summed E-state index contributed by atoms with van der Waals surface area (Å²) in [5.41, 5.74) is 5.62. The standard InChI is InChI=1S/C11H22N6O3S/c1-4-7-17-8-9(10(12)15-17)21(19,20)14-6-5-13-11(18)16(2)3/h8,14H,4-7H2,1-3H3,(H2,12,15)(H,13,18). The molecule has 0 atom stereocenters. The predicted molar refractivity (Wildman–Crippen MR) is 79.2 cm³/mol. The van der Waals surface area contributed by atoms with Crippen molar-refractivity contribution in [1.82, 2.24) is 24.7 Å². The SMILES string of the molecule is CCCn1cc(S(=O)(=O)NCCNC(=O)N(C)C)c(N)n1. The van der Waals surface area contributed by atoms with Gasteiger partial charge in [-0.05, 0) is 6.42 Å². The van der Waals surface area contributed by atoms with Crippen LogP contribution in [0.5, 0.6) is 0 Å². The molecular weight excluding hydrogens is 296 g/mol. The molecule has 0 aliphatic rings. The number of rotatable bonds is 7. The Hall–Kier alpha value is -1.81. The summed E-state index contributed by atoms with van der Waals surface area (Å²) in [6, 6.07) is -0.288. The maximum absolute atomic E-state index is 12.1. The summed E-state index contributed by atoms with van der Waals surface area (Å²) in [6.07, 6.45) is 2.23. The van der Waals surface area contributed by atoms with Gasteiger partial charge in [-0.25, -0.2) is 17.9 Å². The Kier molecular flexibility index (Phi) is 5.97. The maximum Gasteiger partial charge on any atom is 0.316 e. The minimum atomic E-state index is -3.73. The number of sulfonamides is 1. The van der Waals surface area contributed by atoms with Gasteiger partial charge in [0.05, 0.1) is 0 Å². The fourth-order valence-electron chi connectivity index (χ4n) is 1.56. The first-order chi connectivity index (χ1) is 9.77. The Morgan fingerprint density at radius 1 is 1.43 bits per heavy atom. The largest absolute Gasteiger partial charge is 0.381 e. The molecule has 4 N–H and O–H groups in total. The van der Waals surface area contributed by atoms with E-state index in [9.17, 15) is 13.2 Å².